The molecule has 5 aromatic rings. The number of rotatable bonds is 5. The van der Waals surface area contributed by atoms with Crippen LogP contribution in [0.1, 0.15) is 81.1 Å². The van der Waals surface area contributed by atoms with Crippen LogP contribution >= 0.6 is 0 Å². The molecule has 0 spiro atoms. The lowest BCUT2D eigenvalue weighted by molar-refractivity contribution is 0.880. The highest BCUT2D eigenvalue weighted by Crippen LogP contribution is 2.27. The van der Waals surface area contributed by atoms with Gasteiger partial charge in [0.2, 0.25) is 0 Å². The van der Waals surface area contributed by atoms with Gasteiger partial charge in [-0.25, -0.2) is 0 Å². The summed E-state index contributed by atoms with van der Waals surface area (Å²) in [5.74, 6) is 0. The van der Waals surface area contributed by atoms with Crippen LogP contribution in [0.2, 0.25) is 0 Å². The van der Waals surface area contributed by atoms with Gasteiger partial charge in [-0.3, -0.25) is 4.99 Å². The van der Waals surface area contributed by atoms with E-state index in [0.717, 1.165) is 17.8 Å². The largest absolute Gasteiger partial charge is 0.398 e. The third kappa shape index (κ3) is 12.6. The Kier molecular flexibility index (Phi) is 15.7. The molecule has 0 aliphatic rings. The number of benzene rings is 5. The number of aliphatic imine (C=N–C) groups is 1. The van der Waals surface area contributed by atoms with Crippen LogP contribution in [-0.4, -0.2) is 6.72 Å². The fourth-order valence-corrected chi connectivity index (χ4v) is 5.78. The summed E-state index contributed by atoms with van der Waals surface area (Å²) < 4.78 is 0. The van der Waals surface area contributed by atoms with Crippen molar-refractivity contribution < 1.29 is 0 Å². The molecule has 3 nitrogen and oxygen atoms in total. The number of nitrogens with zero attached hydrogens (tertiary/aromatic N) is 1. The average molecular weight is 628 g/mol. The van der Waals surface area contributed by atoms with E-state index >= 15 is 0 Å². The zero-order chi connectivity index (χ0) is 35.1. The number of nitrogen functional groups attached to an aromatic ring is 1. The van der Waals surface area contributed by atoms with E-state index in [1.54, 1.807) is 0 Å². The first-order valence-corrected chi connectivity index (χ1v) is 16.6. The van der Waals surface area contributed by atoms with Gasteiger partial charge in [0.05, 0.1) is 5.69 Å². The molecular formula is C44H57N3. The van der Waals surface area contributed by atoms with Crippen LogP contribution in [0.4, 0.5) is 17.1 Å². The van der Waals surface area contributed by atoms with Gasteiger partial charge in [0.15, 0.2) is 0 Å². The van der Waals surface area contributed by atoms with Crippen molar-refractivity contribution in [2.75, 3.05) is 11.1 Å². The zero-order valence-electron chi connectivity index (χ0n) is 30.8. The fraction of sp³-hybridized carbons (Fsp3) is 0.295. The first-order chi connectivity index (χ1) is 22.3. The third-order valence-electron chi connectivity index (χ3n) is 8.12. The highest BCUT2D eigenvalue weighted by molar-refractivity contribution is 5.59. The minimum Gasteiger partial charge on any atom is -0.398 e. The zero-order valence-corrected chi connectivity index (χ0v) is 30.8. The lowest BCUT2D eigenvalue weighted by Crippen LogP contribution is -2.09. The monoisotopic (exact) mass is 627 g/mol. The van der Waals surface area contributed by atoms with Crippen LogP contribution in [0, 0.1) is 62.3 Å². The van der Waals surface area contributed by atoms with Gasteiger partial charge < -0.3 is 11.1 Å². The molecular weight excluding hydrogens is 571 g/mol. The van der Waals surface area contributed by atoms with E-state index in [4.69, 9.17) is 5.73 Å². The van der Waals surface area contributed by atoms with E-state index < -0.39 is 0 Å². The lowest BCUT2D eigenvalue weighted by Gasteiger charge is -2.20. The highest BCUT2D eigenvalue weighted by Gasteiger charge is 2.09. The van der Waals surface area contributed by atoms with Crippen LogP contribution in [0.15, 0.2) is 102 Å². The van der Waals surface area contributed by atoms with Crippen molar-refractivity contribution in [3.8, 4) is 0 Å². The molecule has 0 radical (unpaired) electrons. The molecule has 0 bridgehead atoms. The van der Waals surface area contributed by atoms with Gasteiger partial charge in [0.1, 0.15) is 0 Å². The maximum absolute atomic E-state index is 5.75. The Morgan fingerprint density at radius 3 is 1.36 bits per heavy atom. The maximum Gasteiger partial charge on any atom is 0.0680 e. The Labute approximate surface area is 286 Å². The molecule has 0 saturated carbocycles. The normalized spacial score (nSPS) is 10.6. The Morgan fingerprint density at radius 1 is 0.596 bits per heavy atom. The summed E-state index contributed by atoms with van der Waals surface area (Å²) in [6, 6.07) is 34.2. The predicted octanol–water partition coefficient (Wildman–Crippen LogP) is 12.2. The van der Waals surface area contributed by atoms with Gasteiger partial charge >= 0.3 is 0 Å². The molecule has 5 aromatic carbocycles. The molecule has 0 saturated heterocycles. The number of hydrogen-bond acceptors (Lipinski definition) is 3. The average Bonchev–Trinajstić information content (AvgIpc) is 3.03. The second kappa shape index (κ2) is 19.1. The second-order valence-corrected chi connectivity index (χ2v) is 12.6. The minimum absolute atomic E-state index is 0.325. The molecule has 248 valence electrons. The molecule has 0 fully saturated rings. The Hall–Kier alpha value is -4.63. The fourth-order valence-electron chi connectivity index (χ4n) is 5.78. The molecule has 3 heteroatoms. The van der Waals surface area contributed by atoms with Gasteiger partial charge in [0, 0.05) is 17.4 Å². The summed E-state index contributed by atoms with van der Waals surface area (Å²) in [7, 11) is 0. The molecule has 0 heterocycles. The van der Waals surface area contributed by atoms with Crippen molar-refractivity contribution in [2.24, 2.45) is 4.99 Å². The second-order valence-electron chi connectivity index (χ2n) is 12.6. The third-order valence-corrected chi connectivity index (χ3v) is 8.12. The number of nitrogens with one attached hydrogen (secondary N) is 1. The maximum atomic E-state index is 5.75. The highest BCUT2D eigenvalue weighted by atomic mass is 14.9. The number of anilines is 2. The molecule has 3 N–H and O–H groups in total. The van der Waals surface area contributed by atoms with E-state index in [1.165, 1.54) is 66.9 Å². The van der Waals surface area contributed by atoms with Crippen molar-refractivity contribution in [3.05, 3.63) is 158 Å². The SMILES string of the molecule is C=Nc1c(C)cc(C)cc1C.CCc1ccccc1.Cc1cc(C)c(N)c(C)c1.Cc1cc(C)c(NC(C)c2ccccc2)c(C)c1. The smallest absolute Gasteiger partial charge is 0.0680 e. The first-order valence-electron chi connectivity index (χ1n) is 16.6. The van der Waals surface area contributed by atoms with Crippen molar-refractivity contribution in [3.63, 3.8) is 0 Å². The van der Waals surface area contributed by atoms with Gasteiger partial charge in [-0.2, -0.15) is 0 Å². The van der Waals surface area contributed by atoms with Crippen LogP contribution in [0.25, 0.3) is 0 Å². The molecule has 5 rings (SSSR count). The number of nitrogens with two attached hydrogens (primary N) is 1. The summed E-state index contributed by atoms with van der Waals surface area (Å²) >= 11 is 0. The van der Waals surface area contributed by atoms with Crippen molar-refractivity contribution in [2.45, 2.75) is 88.6 Å². The summed E-state index contributed by atoms with van der Waals surface area (Å²) in [6.07, 6.45) is 1.14. The van der Waals surface area contributed by atoms with Gasteiger partial charge in [0.25, 0.3) is 0 Å². The lowest BCUT2D eigenvalue weighted by atomic mass is 10.0. The van der Waals surface area contributed by atoms with Gasteiger partial charge in [-0.1, -0.05) is 121 Å². The molecule has 0 aliphatic carbocycles. The predicted molar refractivity (Wildman–Crippen MR) is 210 cm³/mol. The topological polar surface area (TPSA) is 50.4 Å². The summed E-state index contributed by atoms with van der Waals surface area (Å²) in [6.45, 7) is 26.7. The van der Waals surface area contributed by atoms with E-state index in [-0.39, 0.29) is 0 Å². The van der Waals surface area contributed by atoms with Gasteiger partial charge in [-0.15, -0.1) is 0 Å². The van der Waals surface area contributed by atoms with Crippen molar-refractivity contribution >= 4 is 23.8 Å². The van der Waals surface area contributed by atoms with Gasteiger partial charge in [-0.05, 0) is 127 Å². The molecule has 1 unspecified atom stereocenters. The van der Waals surface area contributed by atoms with Crippen LogP contribution in [0.3, 0.4) is 0 Å². The summed E-state index contributed by atoms with van der Waals surface area (Å²) in [4.78, 5) is 3.96. The summed E-state index contributed by atoms with van der Waals surface area (Å²) in [5, 5.41) is 3.62. The number of aryl methyl sites for hydroxylation is 10. The van der Waals surface area contributed by atoms with E-state index in [2.05, 4.69) is 170 Å². The Balaban J connectivity index is 0.000000230. The van der Waals surface area contributed by atoms with Crippen LogP contribution in [0.5, 0.6) is 0 Å². The quantitative estimate of drug-likeness (QED) is 0.150. The van der Waals surface area contributed by atoms with E-state index in [0.29, 0.717) is 6.04 Å². The standard InChI is InChI=1S/C17H21N.C10H13N.C9H13N.C8H10/c1-12-10-13(2)17(14(3)11-12)18-15(4)16-8-6-5-7-9-16;1-7-5-8(2)10(11-4)9(3)6-7;1-6-4-7(2)9(10)8(3)5-6;1-2-8-6-4-3-5-7-8/h5-11,15,18H,1-4H3;5-6H,4H2,1-3H3;4-5H,10H2,1-3H3;3-7H,2H2,1H3. The van der Waals surface area contributed by atoms with Crippen molar-refractivity contribution in [1.82, 2.24) is 0 Å². The van der Waals surface area contributed by atoms with Crippen molar-refractivity contribution in [1.29, 1.82) is 0 Å². The molecule has 0 aromatic heterocycles. The summed E-state index contributed by atoms with van der Waals surface area (Å²) in [5.41, 5.74) is 23.0. The molecule has 0 amide bonds. The molecule has 0 aliphatic heterocycles. The van der Waals surface area contributed by atoms with E-state index in [1.807, 2.05) is 19.9 Å². The molecule has 1 atom stereocenters. The minimum atomic E-state index is 0.325. The van der Waals surface area contributed by atoms with Crippen LogP contribution in [-0.2, 0) is 6.42 Å². The molecule has 47 heavy (non-hydrogen) atoms. The first kappa shape index (κ1) is 38.6. The Bertz CT molecular complexity index is 1630. The Morgan fingerprint density at radius 2 is 0.979 bits per heavy atom. The number of hydrogen-bond donors (Lipinski definition) is 2. The van der Waals surface area contributed by atoms with E-state index in [9.17, 15) is 0 Å². The van der Waals surface area contributed by atoms with Crippen LogP contribution < -0.4 is 11.1 Å².